The first-order valence-corrected chi connectivity index (χ1v) is 5.32. The van der Waals surface area contributed by atoms with Crippen molar-refractivity contribution < 1.29 is 19.0 Å². The van der Waals surface area contributed by atoms with Gasteiger partial charge in [-0.15, -0.1) is 0 Å². The van der Waals surface area contributed by atoms with Gasteiger partial charge >= 0.3 is 6.09 Å². The average molecular weight is 233 g/mol. The molecule has 0 aromatic heterocycles. The summed E-state index contributed by atoms with van der Waals surface area (Å²) in [6, 6.07) is 5.64. The molecule has 0 radical (unpaired) electrons. The van der Waals surface area contributed by atoms with E-state index in [4.69, 9.17) is 14.2 Å². The second-order valence-electron chi connectivity index (χ2n) is 3.82. The molecule has 2 aliphatic rings. The number of hydrogen-bond acceptors (Lipinski definition) is 4. The van der Waals surface area contributed by atoms with Gasteiger partial charge in [-0.3, -0.25) is 0 Å². The van der Waals surface area contributed by atoms with Gasteiger partial charge in [0, 0.05) is 0 Å². The number of alkyl carbamates (subject to hydrolysis) is 1. The molecule has 1 fully saturated rings. The minimum absolute atomic E-state index is 0.0621. The number of cyclic esters (lactones) is 1. The van der Waals surface area contributed by atoms with Gasteiger partial charge in [-0.05, 0) is 17.7 Å². The number of carbonyl (C=O) groups is 1. The van der Waals surface area contributed by atoms with Crippen LogP contribution < -0.4 is 14.8 Å². The van der Waals surface area contributed by atoms with Crippen molar-refractivity contribution in [1.29, 1.82) is 0 Å². The predicted molar refractivity (Wildman–Crippen MR) is 59.9 cm³/mol. The molecule has 1 N–H and O–H groups in total. The van der Waals surface area contributed by atoms with Crippen molar-refractivity contribution in [2.45, 2.75) is 6.04 Å². The van der Waals surface area contributed by atoms with Crippen LogP contribution in [-0.4, -0.2) is 25.5 Å². The molecule has 5 heteroatoms. The monoisotopic (exact) mass is 233 g/mol. The van der Waals surface area contributed by atoms with Gasteiger partial charge < -0.3 is 19.5 Å². The molecule has 1 amide bonds. The van der Waals surface area contributed by atoms with Gasteiger partial charge in [-0.1, -0.05) is 18.2 Å². The SMILES string of the molecule is O=C1N[C@H](/C=C/c2ccc3c(c2)OCO3)CO1. The summed E-state index contributed by atoms with van der Waals surface area (Å²) in [6.07, 6.45) is 3.44. The van der Waals surface area contributed by atoms with E-state index in [1.54, 1.807) is 0 Å². The highest BCUT2D eigenvalue weighted by atomic mass is 16.7. The van der Waals surface area contributed by atoms with E-state index in [0.29, 0.717) is 6.61 Å². The Kier molecular flexibility index (Phi) is 2.36. The van der Waals surface area contributed by atoms with Crippen molar-refractivity contribution in [2.75, 3.05) is 13.4 Å². The molecule has 3 rings (SSSR count). The van der Waals surface area contributed by atoms with Crippen LogP contribution in [0.1, 0.15) is 5.56 Å². The minimum Gasteiger partial charge on any atom is -0.454 e. The van der Waals surface area contributed by atoms with Crippen molar-refractivity contribution >= 4 is 12.2 Å². The highest BCUT2D eigenvalue weighted by molar-refractivity contribution is 5.70. The Labute approximate surface area is 98.0 Å². The third-order valence-corrected chi connectivity index (χ3v) is 2.61. The molecule has 0 saturated carbocycles. The quantitative estimate of drug-likeness (QED) is 0.841. The highest BCUT2D eigenvalue weighted by Crippen LogP contribution is 2.32. The Morgan fingerprint density at radius 3 is 2.94 bits per heavy atom. The Bertz CT molecular complexity index is 483. The summed E-state index contributed by atoms with van der Waals surface area (Å²) in [5, 5.41) is 2.67. The zero-order chi connectivity index (χ0) is 11.7. The molecule has 88 valence electrons. The summed E-state index contributed by atoms with van der Waals surface area (Å²) in [5.41, 5.74) is 0.996. The van der Waals surface area contributed by atoms with E-state index in [0.717, 1.165) is 17.1 Å². The lowest BCUT2D eigenvalue weighted by atomic mass is 10.1. The highest BCUT2D eigenvalue weighted by Gasteiger charge is 2.19. The second-order valence-corrected chi connectivity index (χ2v) is 3.82. The first-order chi connectivity index (χ1) is 8.31. The first kappa shape index (κ1) is 10.0. The predicted octanol–water partition coefficient (Wildman–Crippen LogP) is 1.54. The number of rotatable bonds is 2. The van der Waals surface area contributed by atoms with Gasteiger partial charge in [-0.2, -0.15) is 0 Å². The molecule has 2 aliphatic heterocycles. The molecule has 0 aliphatic carbocycles. The number of benzene rings is 1. The summed E-state index contributed by atoms with van der Waals surface area (Å²) in [4.78, 5) is 10.8. The molecular formula is C12H11NO4. The zero-order valence-electron chi connectivity index (χ0n) is 9.01. The third-order valence-electron chi connectivity index (χ3n) is 2.61. The van der Waals surface area contributed by atoms with Crippen LogP contribution in [0.4, 0.5) is 4.79 Å². The van der Waals surface area contributed by atoms with Crippen molar-refractivity contribution in [3.05, 3.63) is 29.8 Å². The van der Waals surface area contributed by atoms with Crippen LogP contribution in [-0.2, 0) is 4.74 Å². The number of carbonyl (C=O) groups excluding carboxylic acids is 1. The topological polar surface area (TPSA) is 56.8 Å². The first-order valence-electron chi connectivity index (χ1n) is 5.32. The Balaban J connectivity index is 1.72. The maximum atomic E-state index is 10.8. The normalized spacial score (nSPS) is 21.6. The lowest BCUT2D eigenvalue weighted by molar-refractivity contribution is 0.174. The molecule has 1 atom stereocenters. The molecule has 0 bridgehead atoms. The maximum Gasteiger partial charge on any atom is 0.407 e. The average Bonchev–Trinajstić information content (AvgIpc) is 2.94. The molecule has 1 saturated heterocycles. The van der Waals surface area contributed by atoms with Crippen LogP contribution in [0.3, 0.4) is 0 Å². The fraction of sp³-hybridized carbons (Fsp3) is 0.250. The molecule has 1 aromatic rings. The lowest BCUT2D eigenvalue weighted by Crippen LogP contribution is -2.23. The lowest BCUT2D eigenvalue weighted by Gasteiger charge is -2.00. The van der Waals surface area contributed by atoms with Crippen LogP contribution in [0.25, 0.3) is 6.08 Å². The molecular weight excluding hydrogens is 222 g/mol. The van der Waals surface area contributed by atoms with Crippen molar-refractivity contribution in [3.8, 4) is 11.5 Å². The van der Waals surface area contributed by atoms with E-state index < -0.39 is 0 Å². The van der Waals surface area contributed by atoms with Gasteiger partial charge in [-0.25, -0.2) is 4.79 Å². The number of nitrogens with one attached hydrogen (secondary N) is 1. The van der Waals surface area contributed by atoms with E-state index in [1.807, 2.05) is 30.4 Å². The summed E-state index contributed by atoms with van der Waals surface area (Å²) < 4.78 is 15.3. The van der Waals surface area contributed by atoms with Gasteiger partial charge in [0.15, 0.2) is 11.5 Å². The van der Waals surface area contributed by atoms with Crippen LogP contribution >= 0.6 is 0 Å². The zero-order valence-corrected chi connectivity index (χ0v) is 9.01. The van der Waals surface area contributed by atoms with Crippen molar-refractivity contribution in [1.82, 2.24) is 5.32 Å². The van der Waals surface area contributed by atoms with Gasteiger partial charge in [0.2, 0.25) is 6.79 Å². The molecule has 0 spiro atoms. The smallest absolute Gasteiger partial charge is 0.407 e. The third kappa shape index (κ3) is 2.04. The van der Waals surface area contributed by atoms with Crippen LogP contribution in [0, 0.1) is 0 Å². The summed E-state index contributed by atoms with van der Waals surface area (Å²) >= 11 is 0. The summed E-state index contributed by atoms with van der Waals surface area (Å²) in [6.45, 7) is 0.648. The molecule has 2 heterocycles. The second kappa shape index (κ2) is 4.01. The van der Waals surface area contributed by atoms with Gasteiger partial charge in [0.1, 0.15) is 6.61 Å². The molecule has 1 aromatic carbocycles. The number of ether oxygens (including phenoxy) is 3. The molecule has 5 nitrogen and oxygen atoms in total. The molecule has 17 heavy (non-hydrogen) atoms. The number of amides is 1. The minimum atomic E-state index is -0.370. The Morgan fingerprint density at radius 1 is 1.24 bits per heavy atom. The fourth-order valence-corrected chi connectivity index (χ4v) is 1.75. The van der Waals surface area contributed by atoms with Crippen molar-refractivity contribution in [3.63, 3.8) is 0 Å². The molecule has 0 unspecified atom stereocenters. The van der Waals surface area contributed by atoms with Crippen LogP contribution in [0.5, 0.6) is 11.5 Å². The standard InChI is InChI=1S/C12H11NO4/c14-12-13-9(6-15-12)3-1-8-2-4-10-11(5-8)17-7-16-10/h1-5,9H,6-7H2,(H,13,14)/b3-1+/t9-/m1/s1. The summed E-state index contributed by atoms with van der Waals surface area (Å²) in [7, 11) is 0. The Hall–Kier alpha value is -2.17. The van der Waals surface area contributed by atoms with Gasteiger partial charge in [0.25, 0.3) is 0 Å². The largest absolute Gasteiger partial charge is 0.454 e. The summed E-state index contributed by atoms with van der Waals surface area (Å²) in [5.74, 6) is 1.51. The van der Waals surface area contributed by atoms with E-state index in [9.17, 15) is 4.79 Å². The van der Waals surface area contributed by atoms with E-state index in [2.05, 4.69) is 5.32 Å². The van der Waals surface area contributed by atoms with Crippen LogP contribution in [0.15, 0.2) is 24.3 Å². The fourth-order valence-electron chi connectivity index (χ4n) is 1.75. The Morgan fingerprint density at radius 2 is 2.12 bits per heavy atom. The van der Waals surface area contributed by atoms with Crippen molar-refractivity contribution in [2.24, 2.45) is 0 Å². The van der Waals surface area contributed by atoms with E-state index >= 15 is 0 Å². The van der Waals surface area contributed by atoms with Gasteiger partial charge in [0.05, 0.1) is 6.04 Å². The van der Waals surface area contributed by atoms with E-state index in [-0.39, 0.29) is 18.9 Å². The number of fused-ring (bicyclic) bond motifs is 1. The maximum absolute atomic E-state index is 10.8. The number of hydrogen-bond donors (Lipinski definition) is 1. The van der Waals surface area contributed by atoms with Crippen LogP contribution in [0.2, 0.25) is 0 Å². The van der Waals surface area contributed by atoms with E-state index in [1.165, 1.54) is 0 Å².